The number of pyridine rings is 2. The van der Waals surface area contributed by atoms with Gasteiger partial charge in [-0.1, -0.05) is 6.07 Å². The summed E-state index contributed by atoms with van der Waals surface area (Å²) in [7, 11) is 1.76. The Bertz CT molecular complexity index is 568. The predicted octanol–water partition coefficient (Wildman–Crippen LogP) is 2.08. The number of carbonyl (C=O) groups excluding carboxylic acids is 1. The summed E-state index contributed by atoms with van der Waals surface area (Å²) >= 11 is 0. The van der Waals surface area contributed by atoms with Gasteiger partial charge in [0.15, 0.2) is 0 Å². The molecule has 0 fully saturated rings. The summed E-state index contributed by atoms with van der Waals surface area (Å²) in [6.07, 6.45) is 3.34. The summed E-state index contributed by atoms with van der Waals surface area (Å²) in [4.78, 5) is 20.1. The maximum Gasteiger partial charge on any atom is 0.274 e. The number of aryl methyl sites for hydroxylation is 1. The van der Waals surface area contributed by atoms with Gasteiger partial charge in [-0.05, 0) is 30.7 Å². The zero-order chi connectivity index (χ0) is 13.0. The van der Waals surface area contributed by atoms with E-state index in [1.165, 1.54) is 0 Å². The number of amides is 1. The zero-order valence-corrected chi connectivity index (χ0v) is 10.3. The van der Waals surface area contributed by atoms with Crippen molar-refractivity contribution in [2.24, 2.45) is 0 Å². The molecule has 0 aliphatic rings. The molecule has 0 aliphatic carbocycles. The van der Waals surface area contributed by atoms with Crippen LogP contribution in [0.3, 0.4) is 0 Å². The van der Waals surface area contributed by atoms with Crippen LogP contribution >= 0.6 is 0 Å². The Balaban J connectivity index is 2.16. The highest BCUT2D eigenvalue weighted by Gasteiger charge is 2.08. The Morgan fingerprint density at radius 2 is 2.11 bits per heavy atom. The van der Waals surface area contributed by atoms with Gasteiger partial charge in [-0.3, -0.25) is 9.78 Å². The molecule has 0 aromatic carbocycles. The maximum absolute atomic E-state index is 12.0. The smallest absolute Gasteiger partial charge is 0.274 e. The molecular weight excluding hydrogens is 228 g/mol. The summed E-state index contributed by atoms with van der Waals surface area (Å²) in [6.45, 7) is 1.92. The summed E-state index contributed by atoms with van der Waals surface area (Å²) in [5.74, 6) is 0.407. The van der Waals surface area contributed by atoms with Crippen molar-refractivity contribution in [3.05, 3.63) is 47.9 Å². The van der Waals surface area contributed by atoms with Crippen LogP contribution in [0.5, 0.6) is 0 Å². The number of hydrogen-bond donors (Lipinski definition) is 2. The number of anilines is 2. The van der Waals surface area contributed by atoms with Crippen LogP contribution in [0.1, 0.15) is 16.1 Å². The molecule has 5 nitrogen and oxygen atoms in total. The van der Waals surface area contributed by atoms with Crippen LogP contribution in [0.4, 0.5) is 11.5 Å². The van der Waals surface area contributed by atoms with Crippen molar-refractivity contribution in [2.75, 3.05) is 17.7 Å². The maximum atomic E-state index is 12.0. The molecule has 2 N–H and O–H groups in total. The second-order valence-corrected chi connectivity index (χ2v) is 3.86. The highest BCUT2D eigenvalue weighted by Crippen LogP contribution is 2.10. The van der Waals surface area contributed by atoms with Crippen molar-refractivity contribution in [3.8, 4) is 0 Å². The molecule has 0 aliphatic heterocycles. The quantitative estimate of drug-likeness (QED) is 0.864. The van der Waals surface area contributed by atoms with E-state index in [9.17, 15) is 4.79 Å². The lowest BCUT2D eigenvalue weighted by molar-refractivity contribution is 0.102. The van der Waals surface area contributed by atoms with Gasteiger partial charge >= 0.3 is 0 Å². The highest BCUT2D eigenvalue weighted by molar-refractivity contribution is 6.03. The Morgan fingerprint density at radius 3 is 2.83 bits per heavy atom. The third-order valence-electron chi connectivity index (χ3n) is 2.37. The molecule has 0 saturated carbocycles. The SMILES string of the molecule is CNc1cccc(C(=O)Nc2cncc(C)c2)n1. The van der Waals surface area contributed by atoms with E-state index in [2.05, 4.69) is 20.6 Å². The second kappa shape index (κ2) is 5.27. The van der Waals surface area contributed by atoms with Gasteiger partial charge in [-0.15, -0.1) is 0 Å². The number of aromatic nitrogens is 2. The first-order valence-electron chi connectivity index (χ1n) is 5.57. The largest absolute Gasteiger partial charge is 0.373 e. The van der Waals surface area contributed by atoms with Crippen molar-refractivity contribution in [1.82, 2.24) is 9.97 Å². The standard InChI is InChI=1S/C13H14N4O/c1-9-6-10(8-15-7-9)16-13(18)11-4-3-5-12(14-2)17-11/h3-8H,1-2H3,(H,14,17)(H,16,18). The lowest BCUT2D eigenvalue weighted by Crippen LogP contribution is -2.14. The van der Waals surface area contributed by atoms with E-state index in [4.69, 9.17) is 0 Å². The van der Waals surface area contributed by atoms with E-state index in [1.54, 1.807) is 37.6 Å². The zero-order valence-electron chi connectivity index (χ0n) is 10.3. The second-order valence-electron chi connectivity index (χ2n) is 3.86. The molecule has 1 amide bonds. The topological polar surface area (TPSA) is 66.9 Å². The Kier molecular flexibility index (Phi) is 3.52. The van der Waals surface area contributed by atoms with E-state index in [1.807, 2.05) is 13.0 Å². The van der Waals surface area contributed by atoms with Gasteiger partial charge in [0.1, 0.15) is 11.5 Å². The van der Waals surface area contributed by atoms with E-state index in [-0.39, 0.29) is 5.91 Å². The van der Waals surface area contributed by atoms with Gasteiger partial charge in [0.25, 0.3) is 5.91 Å². The number of hydrogen-bond acceptors (Lipinski definition) is 4. The fourth-order valence-electron chi connectivity index (χ4n) is 1.52. The van der Waals surface area contributed by atoms with Gasteiger partial charge in [-0.25, -0.2) is 4.98 Å². The number of carbonyl (C=O) groups is 1. The van der Waals surface area contributed by atoms with E-state index in [0.29, 0.717) is 17.2 Å². The third kappa shape index (κ3) is 2.82. The molecule has 0 spiro atoms. The number of nitrogens with one attached hydrogen (secondary N) is 2. The molecule has 5 heteroatoms. The molecule has 2 aromatic rings. The summed E-state index contributed by atoms with van der Waals surface area (Å²) < 4.78 is 0. The Hall–Kier alpha value is -2.43. The first kappa shape index (κ1) is 12.0. The Morgan fingerprint density at radius 1 is 1.28 bits per heavy atom. The molecule has 0 atom stereocenters. The minimum atomic E-state index is -0.250. The van der Waals surface area contributed by atoms with Crippen LogP contribution in [0, 0.1) is 6.92 Å². The van der Waals surface area contributed by atoms with Crippen molar-refractivity contribution >= 4 is 17.4 Å². The fourth-order valence-corrected chi connectivity index (χ4v) is 1.52. The Labute approximate surface area is 105 Å². The van der Waals surface area contributed by atoms with Gasteiger partial charge in [0, 0.05) is 13.2 Å². The van der Waals surface area contributed by atoms with Gasteiger partial charge in [0.05, 0.1) is 11.9 Å². The summed E-state index contributed by atoms with van der Waals surface area (Å²) in [6, 6.07) is 7.10. The van der Waals surface area contributed by atoms with E-state index < -0.39 is 0 Å². The number of rotatable bonds is 3. The van der Waals surface area contributed by atoms with Gasteiger partial charge in [-0.2, -0.15) is 0 Å². The van der Waals surface area contributed by atoms with Crippen LogP contribution in [0.25, 0.3) is 0 Å². The third-order valence-corrected chi connectivity index (χ3v) is 2.37. The highest BCUT2D eigenvalue weighted by atomic mass is 16.1. The molecule has 0 saturated heterocycles. The van der Waals surface area contributed by atoms with Crippen LogP contribution < -0.4 is 10.6 Å². The van der Waals surface area contributed by atoms with Crippen molar-refractivity contribution in [3.63, 3.8) is 0 Å². The summed E-state index contributed by atoms with van der Waals surface area (Å²) in [5, 5.41) is 5.65. The normalized spacial score (nSPS) is 9.89. The van der Waals surface area contributed by atoms with E-state index in [0.717, 1.165) is 5.56 Å². The number of nitrogens with zero attached hydrogens (tertiary/aromatic N) is 2. The lowest BCUT2D eigenvalue weighted by atomic mass is 10.3. The molecule has 2 rings (SSSR count). The van der Waals surface area contributed by atoms with Crippen LogP contribution in [0.2, 0.25) is 0 Å². The molecule has 92 valence electrons. The minimum Gasteiger partial charge on any atom is -0.373 e. The average Bonchev–Trinajstić information content (AvgIpc) is 2.39. The summed E-state index contributed by atoms with van der Waals surface area (Å²) in [5.41, 5.74) is 2.02. The minimum absolute atomic E-state index is 0.250. The van der Waals surface area contributed by atoms with Crippen molar-refractivity contribution in [2.45, 2.75) is 6.92 Å². The van der Waals surface area contributed by atoms with Crippen molar-refractivity contribution < 1.29 is 4.79 Å². The van der Waals surface area contributed by atoms with Crippen LogP contribution in [0.15, 0.2) is 36.7 Å². The van der Waals surface area contributed by atoms with Crippen LogP contribution in [-0.4, -0.2) is 22.9 Å². The fraction of sp³-hybridized carbons (Fsp3) is 0.154. The molecular formula is C13H14N4O. The lowest BCUT2D eigenvalue weighted by Gasteiger charge is -2.06. The van der Waals surface area contributed by atoms with Crippen molar-refractivity contribution in [1.29, 1.82) is 0 Å². The molecule has 2 heterocycles. The predicted molar refractivity (Wildman–Crippen MR) is 70.7 cm³/mol. The average molecular weight is 242 g/mol. The molecule has 0 bridgehead atoms. The molecule has 18 heavy (non-hydrogen) atoms. The molecule has 2 aromatic heterocycles. The first-order chi connectivity index (χ1) is 8.69. The van der Waals surface area contributed by atoms with Gasteiger partial charge in [0.2, 0.25) is 0 Å². The van der Waals surface area contributed by atoms with E-state index >= 15 is 0 Å². The molecule has 0 radical (unpaired) electrons. The van der Waals surface area contributed by atoms with Crippen LogP contribution in [-0.2, 0) is 0 Å². The monoisotopic (exact) mass is 242 g/mol. The van der Waals surface area contributed by atoms with Gasteiger partial charge < -0.3 is 10.6 Å². The molecule has 0 unspecified atom stereocenters. The first-order valence-corrected chi connectivity index (χ1v) is 5.57.